The highest BCUT2D eigenvalue weighted by molar-refractivity contribution is 5.88. The third-order valence-electron chi connectivity index (χ3n) is 2.73. The van der Waals surface area contributed by atoms with Crippen LogP contribution in [0.4, 0.5) is 5.69 Å². The molecule has 4 heteroatoms. The molecule has 0 spiro atoms. The van der Waals surface area contributed by atoms with Crippen LogP contribution in [0.25, 0.3) is 11.4 Å². The van der Waals surface area contributed by atoms with Crippen LogP contribution in [0.3, 0.4) is 0 Å². The number of benzene rings is 1. The lowest BCUT2D eigenvalue weighted by Crippen LogP contribution is -1.97. The highest BCUT2D eigenvalue weighted by Crippen LogP contribution is 2.23. The minimum Gasteiger partial charge on any atom is -0.388 e. The van der Waals surface area contributed by atoms with Gasteiger partial charge in [0.05, 0.1) is 5.69 Å². The second-order valence-electron chi connectivity index (χ2n) is 4.72. The lowest BCUT2D eigenvalue weighted by Gasteiger charge is -2.07. The summed E-state index contributed by atoms with van der Waals surface area (Å²) in [5.74, 6) is 0.924. The Kier molecular flexibility index (Phi) is 9.59. The SMILES string of the molecule is CC.CCC.CNc1ccc(-c2nc(C)cn2C)cc1C=N. The Morgan fingerprint density at radius 1 is 1.27 bits per heavy atom. The van der Waals surface area contributed by atoms with E-state index in [1.807, 2.05) is 63.8 Å². The molecule has 0 radical (unpaired) electrons. The molecule has 1 aromatic carbocycles. The molecule has 2 N–H and O–H groups in total. The van der Waals surface area contributed by atoms with Gasteiger partial charge in [0.25, 0.3) is 0 Å². The van der Waals surface area contributed by atoms with E-state index in [2.05, 4.69) is 24.1 Å². The van der Waals surface area contributed by atoms with Gasteiger partial charge in [0.15, 0.2) is 0 Å². The van der Waals surface area contributed by atoms with Crippen LogP contribution in [0.2, 0.25) is 0 Å². The number of nitrogens with one attached hydrogen (secondary N) is 2. The Hall–Kier alpha value is -2.10. The van der Waals surface area contributed by atoms with Gasteiger partial charge in [0.1, 0.15) is 5.82 Å². The molecule has 0 fully saturated rings. The molecular formula is C18H30N4. The Morgan fingerprint density at radius 2 is 1.86 bits per heavy atom. The molecule has 0 aliphatic rings. The van der Waals surface area contributed by atoms with Gasteiger partial charge in [-0.15, -0.1) is 0 Å². The van der Waals surface area contributed by atoms with E-state index < -0.39 is 0 Å². The van der Waals surface area contributed by atoms with Crippen molar-refractivity contribution in [2.75, 3.05) is 12.4 Å². The van der Waals surface area contributed by atoms with E-state index >= 15 is 0 Å². The quantitative estimate of drug-likeness (QED) is 0.794. The van der Waals surface area contributed by atoms with Crippen LogP contribution in [0.15, 0.2) is 24.4 Å². The van der Waals surface area contributed by atoms with E-state index in [0.717, 1.165) is 28.3 Å². The maximum absolute atomic E-state index is 7.41. The zero-order chi connectivity index (χ0) is 17.1. The summed E-state index contributed by atoms with van der Waals surface area (Å²) in [5, 5.41) is 10.5. The van der Waals surface area contributed by atoms with Gasteiger partial charge in [0, 0.05) is 43.3 Å². The van der Waals surface area contributed by atoms with Gasteiger partial charge >= 0.3 is 0 Å². The van der Waals surface area contributed by atoms with E-state index in [4.69, 9.17) is 5.41 Å². The number of hydrogen-bond acceptors (Lipinski definition) is 3. The summed E-state index contributed by atoms with van der Waals surface area (Å²) in [6.45, 7) is 10.2. The monoisotopic (exact) mass is 302 g/mol. The smallest absolute Gasteiger partial charge is 0.139 e. The van der Waals surface area contributed by atoms with Crippen LogP contribution in [0.1, 0.15) is 45.4 Å². The zero-order valence-electron chi connectivity index (χ0n) is 15.0. The molecule has 2 aromatic rings. The lowest BCUT2D eigenvalue weighted by atomic mass is 10.1. The molecule has 2 rings (SSSR count). The minimum atomic E-state index is 0.866. The van der Waals surface area contributed by atoms with Gasteiger partial charge in [-0.2, -0.15) is 0 Å². The van der Waals surface area contributed by atoms with E-state index in [1.54, 1.807) is 0 Å². The molecule has 0 saturated carbocycles. The predicted octanol–water partition coefficient (Wildman–Crippen LogP) is 4.88. The fourth-order valence-electron chi connectivity index (χ4n) is 1.93. The summed E-state index contributed by atoms with van der Waals surface area (Å²) >= 11 is 0. The van der Waals surface area contributed by atoms with Gasteiger partial charge in [-0.05, 0) is 25.1 Å². The zero-order valence-corrected chi connectivity index (χ0v) is 15.0. The van der Waals surface area contributed by atoms with Crippen molar-refractivity contribution in [2.45, 2.75) is 41.0 Å². The van der Waals surface area contributed by atoms with Crippen molar-refractivity contribution in [1.82, 2.24) is 9.55 Å². The fraction of sp³-hybridized carbons (Fsp3) is 0.444. The summed E-state index contributed by atoms with van der Waals surface area (Å²) in [4.78, 5) is 4.48. The molecule has 0 saturated heterocycles. The van der Waals surface area contributed by atoms with Crippen LogP contribution in [0.5, 0.6) is 0 Å². The van der Waals surface area contributed by atoms with Crippen LogP contribution in [-0.2, 0) is 7.05 Å². The number of rotatable bonds is 3. The van der Waals surface area contributed by atoms with Gasteiger partial charge < -0.3 is 15.3 Å². The number of aryl methyl sites for hydroxylation is 2. The van der Waals surface area contributed by atoms with Gasteiger partial charge in [-0.25, -0.2) is 4.98 Å². The van der Waals surface area contributed by atoms with Crippen LogP contribution in [0, 0.1) is 12.3 Å². The first-order valence-electron chi connectivity index (χ1n) is 7.89. The topological polar surface area (TPSA) is 53.7 Å². The number of aromatic nitrogens is 2. The van der Waals surface area contributed by atoms with E-state index in [0.29, 0.717) is 0 Å². The molecule has 122 valence electrons. The summed E-state index contributed by atoms with van der Waals surface area (Å²) in [6, 6.07) is 5.96. The number of hydrogen-bond donors (Lipinski definition) is 2. The maximum Gasteiger partial charge on any atom is 0.139 e. The second kappa shape index (κ2) is 10.6. The first-order valence-corrected chi connectivity index (χ1v) is 7.89. The van der Waals surface area contributed by atoms with E-state index in [1.165, 1.54) is 12.6 Å². The molecule has 0 aliphatic carbocycles. The molecule has 0 bridgehead atoms. The summed E-state index contributed by atoms with van der Waals surface area (Å²) in [6.07, 6.45) is 4.59. The van der Waals surface area contributed by atoms with E-state index in [9.17, 15) is 0 Å². The number of imidazole rings is 1. The Morgan fingerprint density at radius 3 is 2.27 bits per heavy atom. The third kappa shape index (κ3) is 5.35. The molecule has 1 aromatic heterocycles. The van der Waals surface area contributed by atoms with Gasteiger partial charge in [0.2, 0.25) is 0 Å². The average Bonchev–Trinajstić information content (AvgIpc) is 2.88. The largest absolute Gasteiger partial charge is 0.388 e. The van der Waals surface area contributed by atoms with Crippen molar-refractivity contribution >= 4 is 11.9 Å². The van der Waals surface area contributed by atoms with E-state index in [-0.39, 0.29) is 0 Å². The number of anilines is 1. The average molecular weight is 302 g/mol. The summed E-state index contributed by atoms with van der Waals surface area (Å²) < 4.78 is 2.00. The standard InChI is InChI=1S/C13H16N4.C3H8.C2H6/c1-9-8-17(3)13(16-9)10-4-5-12(15-2)11(6-10)7-14;1-3-2;1-2/h4-8,14-15H,1-3H3;3H2,1-2H3;1-2H3. The fourth-order valence-corrected chi connectivity index (χ4v) is 1.93. The molecule has 22 heavy (non-hydrogen) atoms. The molecule has 1 heterocycles. The van der Waals surface area contributed by atoms with Gasteiger partial charge in [-0.1, -0.05) is 34.1 Å². The molecule has 0 unspecified atom stereocenters. The molecule has 4 nitrogen and oxygen atoms in total. The first kappa shape index (κ1) is 19.9. The van der Waals surface area contributed by atoms with Crippen molar-refractivity contribution < 1.29 is 0 Å². The highest BCUT2D eigenvalue weighted by Gasteiger charge is 2.07. The molecular weight excluding hydrogens is 272 g/mol. The van der Waals surface area contributed by atoms with Crippen LogP contribution >= 0.6 is 0 Å². The number of nitrogens with zero attached hydrogens (tertiary/aromatic N) is 2. The third-order valence-corrected chi connectivity index (χ3v) is 2.73. The Bertz CT molecular complexity index is 570. The molecule has 0 aliphatic heterocycles. The second-order valence-corrected chi connectivity index (χ2v) is 4.72. The molecule has 0 amide bonds. The van der Waals surface area contributed by atoms with Crippen LogP contribution < -0.4 is 5.32 Å². The summed E-state index contributed by atoms with van der Waals surface area (Å²) in [7, 11) is 3.83. The predicted molar refractivity (Wildman–Crippen MR) is 98.1 cm³/mol. The molecule has 0 atom stereocenters. The Labute approximate surface area is 135 Å². The van der Waals surface area contributed by atoms with Gasteiger partial charge in [-0.3, -0.25) is 0 Å². The highest BCUT2D eigenvalue weighted by atomic mass is 15.0. The minimum absolute atomic E-state index is 0.866. The summed E-state index contributed by atoms with van der Waals surface area (Å²) in [5.41, 5.74) is 3.84. The van der Waals surface area contributed by atoms with Crippen molar-refractivity contribution in [2.24, 2.45) is 7.05 Å². The maximum atomic E-state index is 7.41. The van der Waals surface area contributed by atoms with Crippen LogP contribution in [-0.4, -0.2) is 22.8 Å². The lowest BCUT2D eigenvalue weighted by molar-refractivity contribution is 0.924. The van der Waals surface area contributed by atoms with Crippen molar-refractivity contribution in [3.05, 3.63) is 35.7 Å². The first-order chi connectivity index (χ1) is 10.6. The normalized spacial score (nSPS) is 9.05. The van der Waals surface area contributed by atoms with Crippen molar-refractivity contribution in [1.29, 1.82) is 5.41 Å². The van der Waals surface area contributed by atoms with Crippen molar-refractivity contribution in [3.8, 4) is 11.4 Å². The van der Waals surface area contributed by atoms with Crippen molar-refractivity contribution in [3.63, 3.8) is 0 Å². The Balaban J connectivity index is 0.000000789.